The van der Waals surface area contributed by atoms with Crippen LogP contribution in [0.4, 0.5) is 0 Å². The first kappa shape index (κ1) is 13.8. The van der Waals surface area contributed by atoms with E-state index in [2.05, 4.69) is 0 Å². The van der Waals surface area contributed by atoms with Crippen LogP contribution in [0.2, 0.25) is 0 Å². The molecule has 18 heavy (non-hydrogen) atoms. The number of nitrogens with zero attached hydrogens (tertiary/aromatic N) is 2. The number of hydrogen-bond donors (Lipinski definition) is 1. The Kier molecular flexibility index (Phi) is 3.93. The Bertz CT molecular complexity index is 417. The Morgan fingerprint density at radius 2 is 2.00 bits per heavy atom. The van der Waals surface area contributed by atoms with Gasteiger partial charge < -0.3 is 10.6 Å². The summed E-state index contributed by atoms with van der Waals surface area (Å²) in [6.45, 7) is 3.40. The van der Waals surface area contributed by atoms with Crippen LogP contribution in [-0.2, 0) is 14.8 Å². The van der Waals surface area contributed by atoms with Gasteiger partial charge in [-0.3, -0.25) is 4.79 Å². The maximum Gasteiger partial charge on any atom is 0.224 e. The highest BCUT2D eigenvalue weighted by Crippen LogP contribution is 2.23. The molecular weight excluding hydrogens is 254 g/mol. The number of nitrogens with two attached hydrogens (primary N) is 1. The van der Waals surface area contributed by atoms with Gasteiger partial charge >= 0.3 is 0 Å². The molecule has 1 atom stereocenters. The summed E-state index contributed by atoms with van der Waals surface area (Å²) in [6, 6.07) is -0.0642. The molecule has 2 heterocycles. The fourth-order valence-electron chi connectivity index (χ4n) is 2.41. The molecule has 0 aromatic rings. The van der Waals surface area contributed by atoms with E-state index in [-0.39, 0.29) is 23.7 Å². The topological polar surface area (TPSA) is 83.7 Å². The highest BCUT2D eigenvalue weighted by Gasteiger charge is 2.42. The number of amides is 1. The molecule has 0 radical (unpaired) electrons. The minimum Gasteiger partial charge on any atom is -0.335 e. The first-order valence-electron chi connectivity index (χ1n) is 6.47. The fourth-order valence-corrected chi connectivity index (χ4v) is 4.12. The summed E-state index contributed by atoms with van der Waals surface area (Å²) < 4.78 is 25.2. The first-order valence-corrected chi connectivity index (χ1v) is 8.08. The van der Waals surface area contributed by atoms with Crippen LogP contribution in [0.25, 0.3) is 0 Å². The largest absolute Gasteiger partial charge is 0.335 e. The van der Waals surface area contributed by atoms with Crippen LogP contribution in [0.5, 0.6) is 0 Å². The van der Waals surface area contributed by atoms with E-state index < -0.39 is 10.0 Å². The number of sulfonamides is 1. The van der Waals surface area contributed by atoms with E-state index in [1.165, 1.54) is 4.31 Å². The average molecular weight is 275 g/mol. The minimum absolute atomic E-state index is 0.0300. The first-order chi connectivity index (χ1) is 8.44. The molecule has 2 saturated heterocycles. The van der Waals surface area contributed by atoms with Gasteiger partial charge in [-0.15, -0.1) is 0 Å². The Morgan fingerprint density at radius 3 is 2.50 bits per heavy atom. The lowest BCUT2D eigenvalue weighted by Gasteiger charge is -2.43. The highest BCUT2D eigenvalue weighted by molar-refractivity contribution is 7.89. The molecular formula is C11H21N3O3S. The lowest BCUT2D eigenvalue weighted by atomic mass is 10.1. The third-order valence-corrected chi connectivity index (χ3v) is 5.50. The zero-order valence-electron chi connectivity index (χ0n) is 10.7. The van der Waals surface area contributed by atoms with Crippen LogP contribution in [0.1, 0.15) is 26.2 Å². The second kappa shape index (κ2) is 5.14. The van der Waals surface area contributed by atoms with Crippen molar-refractivity contribution in [2.75, 3.05) is 25.4 Å². The molecule has 2 fully saturated rings. The van der Waals surface area contributed by atoms with E-state index in [4.69, 9.17) is 5.73 Å². The molecule has 1 amide bonds. The van der Waals surface area contributed by atoms with Crippen molar-refractivity contribution in [3.05, 3.63) is 0 Å². The van der Waals surface area contributed by atoms with Crippen molar-refractivity contribution in [2.24, 2.45) is 5.73 Å². The van der Waals surface area contributed by atoms with Gasteiger partial charge in [0.15, 0.2) is 0 Å². The minimum atomic E-state index is -3.12. The molecule has 0 saturated carbocycles. The Balaban J connectivity index is 1.85. The Hall–Kier alpha value is -0.660. The van der Waals surface area contributed by atoms with E-state index in [1.807, 2.05) is 6.92 Å². The van der Waals surface area contributed by atoms with Gasteiger partial charge in [-0.2, -0.15) is 4.31 Å². The zero-order valence-corrected chi connectivity index (χ0v) is 11.5. The summed E-state index contributed by atoms with van der Waals surface area (Å²) in [5, 5.41) is 0. The van der Waals surface area contributed by atoms with Crippen LogP contribution in [-0.4, -0.2) is 61.0 Å². The van der Waals surface area contributed by atoms with E-state index >= 15 is 0 Å². The van der Waals surface area contributed by atoms with Gasteiger partial charge in [-0.1, -0.05) is 13.3 Å². The van der Waals surface area contributed by atoms with E-state index in [0.717, 1.165) is 6.42 Å². The lowest BCUT2D eigenvalue weighted by Crippen LogP contribution is -2.61. The maximum absolute atomic E-state index is 11.9. The SMILES string of the molecule is CCCCS(=O)(=O)N1CC(N2CC(N)CC2=O)C1. The summed E-state index contributed by atoms with van der Waals surface area (Å²) in [7, 11) is -3.12. The van der Waals surface area contributed by atoms with E-state index in [9.17, 15) is 13.2 Å². The number of rotatable bonds is 5. The predicted octanol–water partition coefficient (Wildman–Crippen LogP) is -0.640. The van der Waals surface area contributed by atoms with Crippen molar-refractivity contribution in [1.29, 1.82) is 0 Å². The summed E-state index contributed by atoms with van der Waals surface area (Å²) in [5.74, 6) is 0.266. The van der Waals surface area contributed by atoms with Crippen molar-refractivity contribution in [3.63, 3.8) is 0 Å². The molecule has 2 aliphatic rings. The number of carbonyl (C=O) groups is 1. The molecule has 7 heteroatoms. The second-order valence-corrected chi connectivity index (χ2v) is 7.24. The van der Waals surface area contributed by atoms with Crippen LogP contribution in [0, 0.1) is 0 Å². The molecule has 0 aliphatic carbocycles. The molecule has 0 spiro atoms. The van der Waals surface area contributed by atoms with Crippen molar-refractivity contribution in [1.82, 2.24) is 9.21 Å². The van der Waals surface area contributed by atoms with Gasteiger partial charge in [0.2, 0.25) is 15.9 Å². The second-order valence-electron chi connectivity index (χ2n) is 5.15. The van der Waals surface area contributed by atoms with Crippen molar-refractivity contribution in [2.45, 2.75) is 38.3 Å². The van der Waals surface area contributed by atoms with E-state index in [1.54, 1.807) is 4.90 Å². The monoisotopic (exact) mass is 275 g/mol. The zero-order chi connectivity index (χ0) is 13.3. The normalized spacial score (nSPS) is 26.7. The maximum atomic E-state index is 11.9. The van der Waals surface area contributed by atoms with Crippen LogP contribution in [0.15, 0.2) is 0 Å². The summed E-state index contributed by atoms with van der Waals surface area (Å²) in [5.41, 5.74) is 5.72. The lowest BCUT2D eigenvalue weighted by molar-refractivity contribution is -0.131. The molecule has 2 N–H and O–H groups in total. The molecule has 1 unspecified atom stereocenters. The molecule has 2 rings (SSSR count). The number of hydrogen-bond acceptors (Lipinski definition) is 4. The Morgan fingerprint density at radius 1 is 1.33 bits per heavy atom. The molecule has 0 bridgehead atoms. The summed E-state index contributed by atoms with van der Waals surface area (Å²) in [6.07, 6.45) is 1.95. The number of unbranched alkanes of at least 4 members (excludes halogenated alkanes) is 1. The van der Waals surface area contributed by atoms with Gasteiger partial charge in [0.1, 0.15) is 0 Å². The average Bonchev–Trinajstić information content (AvgIpc) is 2.53. The third kappa shape index (κ3) is 2.67. The van der Waals surface area contributed by atoms with Gasteiger partial charge in [-0.05, 0) is 6.42 Å². The third-order valence-electron chi connectivity index (χ3n) is 3.61. The number of likely N-dealkylation sites (tertiary alicyclic amines) is 1. The summed E-state index contributed by atoms with van der Waals surface area (Å²) in [4.78, 5) is 13.4. The van der Waals surface area contributed by atoms with Gasteiger partial charge in [0, 0.05) is 32.1 Å². The molecule has 6 nitrogen and oxygen atoms in total. The van der Waals surface area contributed by atoms with Crippen LogP contribution < -0.4 is 5.73 Å². The van der Waals surface area contributed by atoms with Crippen molar-refractivity contribution >= 4 is 15.9 Å². The van der Waals surface area contributed by atoms with Gasteiger partial charge in [-0.25, -0.2) is 8.42 Å². The van der Waals surface area contributed by atoms with Gasteiger partial charge in [0.05, 0.1) is 11.8 Å². The molecule has 0 aromatic carbocycles. The molecule has 2 aliphatic heterocycles. The highest BCUT2D eigenvalue weighted by atomic mass is 32.2. The van der Waals surface area contributed by atoms with E-state index in [0.29, 0.717) is 32.5 Å². The van der Waals surface area contributed by atoms with Crippen LogP contribution >= 0.6 is 0 Å². The van der Waals surface area contributed by atoms with Crippen molar-refractivity contribution < 1.29 is 13.2 Å². The fraction of sp³-hybridized carbons (Fsp3) is 0.909. The predicted molar refractivity (Wildman–Crippen MR) is 68.4 cm³/mol. The standard InChI is InChI=1S/C11H21N3O3S/c1-2-3-4-18(16,17)13-7-10(8-13)14-6-9(12)5-11(14)15/h9-10H,2-8,12H2,1H3. The Labute approximate surface area is 108 Å². The summed E-state index contributed by atoms with van der Waals surface area (Å²) >= 11 is 0. The van der Waals surface area contributed by atoms with Crippen molar-refractivity contribution in [3.8, 4) is 0 Å². The molecule has 0 aromatic heterocycles. The quantitative estimate of drug-likeness (QED) is 0.723. The van der Waals surface area contributed by atoms with Gasteiger partial charge in [0.25, 0.3) is 0 Å². The number of carbonyl (C=O) groups excluding carboxylic acids is 1. The van der Waals surface area contributed by atoms with Crippen LogP contribution in [0.3, 0.4) is 0 Å². The molecule has 104 valence electrons. The smallest absolute Gasteiger partial charge is 0.224 e.